The number of nitrogens with one attached hydrogen (secondary N) is 1. The summed E-state index contributed by atoms with van der Waals surface area (Å²) in [5.41, 5.74) is 2.41. The normalized spacial score (nSPS) is 14.5. The number of aromatic nitrogens is 2. The lowest BCUT2D eigenvalue weighted by atomic mass is 10.1. The zero-order valence-corrected chi connectivity index (χ0v) is 18.7. The zero-order valence-electron chi connectivity index (χ0n) is 18.7. The molecule has 1 fully saturated rings. The number of piperazine rings is 1. The summed E-state index contributed by atoms with van der Waals surface area (Å²) in [7, 11) is 8.02. The van der Waals surface area contributed by atoms with Crippen molar-refractivity contribution in [3.8, 4) is 0 Å². The van der Waals surface area contributed by atoms with E-state index in [1.54, 1.807) is 0 Å². The van der Waals surface area contributed by atoms with Crippen molar-refractivity contribution < 1.29 is 4.79 Å². The molecular formula is C22H33N7O. The number of nitrogens with zero attached hydrogens (tertiary/aromatic N) is 6. The largest absolute Gasteiger partial charge is 0.363 e. The SMILES string of the molecule is CC(=O)NCc1ccc(CN2CCN(c3nc(N(C)C)cc(N(C)C)n3)CC2)cc1. The first kappa shape index (κ1) is 21.8. The maximum Gasteiger partial charge on any atom is 0.229 e. The Balaban J connectivity index is 1.58. The number of benzene rings is 1. The Morgan fingerprint density at radius 1 is 0.933 bits per heavy atom. The van der Waals surface area contributed by atoms with Gasteiger partial charge in [-0.3, -0.25) is 9.69 Å². The predicted octanol–water partition coefficient (Wildman–Crippen LogP) is 1.57. The van der Waals surface area contributed by atoms with Crippen LogP contribution in [0.4, 0.5) is 17.6 Å². The summed E-state index contributed by atoms with van der Waals surface area (Å²) in [6, 6.07) is 10.5. The molecule has 0 radical (unpaired) electrons. The van der Waals surface area contributed by atoms with Crippen molar-refractivity contribution in [3.63, 3.8) is 0 Å². The summed E-state index contributed by atoms with van der Waals surface area (Å²) in [6.45, 7) is 6.80. The van der Waals surface area contributed by atoms with Crippen LogP contribution in [0.25, 0.3) is 0 Å². The van der Waals surface area contributed by atoms with Gasteiger partial charge in [-0.2, -0.15) is 9.97 Å². The van der Waals surface area contributed by atoms with E-state index in [0.29, 0.717) is 6.54 Å². The summed E-state index contributed by atoms with van der Waals surface area (Å²) in [5.74, 6) is 2.64. The van der Waals surface area contributed by atoms with Crippen molar-refractivity contribution in [2.24, 2.45) is 0 Å². The third-order valence-electron chi connectivity index (χ3n) is 5.23. The minimum atomic E-state index is -0.00486. The van der Waals surface area contributed by atoms with Crippen molar-refractivity contribution in [1.29, 1.82) is 0 Å². The number of carbonyl (C=O) groups excluding carboxylic acids is 1. The van der Waals surface area contributed by atoms with Gasteiger partial charge < -0.3 is 20.0 Å². The van der Waals surface area contributed by atoms with Crippen LogP contribution in [0.5, 0.6) is 0 Å². The summed E-state index contributed by atoms with van der Waals surface area (Å²) in [5, 5.41) is 2.83. The predicted molar refractivity (Wildman–Crippen MR) is 122 cm³/mol. The van der Waals surface area contributed by atoms with Crippen LogP contribution in [0.15, 0.2) is 30.3 Å². The Morgan fingerprint density at radius 3 is 1.97 bits per heavy atom. The number of hydrogen-bond donors (Lipinski definition) is 1. The van der Waals surface area contributed by atoms with Crippen LogP contribution in [0, 0.1) is 0 Å². The summed E-state index contributed by atoms with van der Waals surface area (Å²) in [6.07, 6.45) is 0. The first-order valence-electron chi connectivity index (χ1n) is 10.3. The highest BCUT2D eigenvalue weighted by atomic mass is 16.1. The van der Waals surface area contributed by atoms with Crippen molar-refractivity contribution in [2.75, 3.05) is 69.1 Å². The number of rotatable bonds is 7. The van der Waals surface area contributed by atoms with Crippen LogP contribution in [-0.4, -0.2) is 75.1 Å². The average molecular weight is 412 g/mol. The lowest BCUT2D eigenvalue weighted by Crippen LogP contribution is -2.46. The Morgan fingerprint density at radius 2 is 1.47 bits per heavy atom. The fourth-order valence-corrected chi connectivity index (χ4v) is 3.36. The summed E-state index contributed by atoms with van der Waals surface area (Å²) >= 11 is 0. The third-order valence-corrected chi connectivity index (χ3v) is 5.23. The molecule has 2 heterocycles. The molecule has 1 aliphatic heterocycles. The fourth-order valence-electron chi connectivity index (χ4n) is 3.36. The van der Waals surface area contributed by atoms with Crippen LogP contribution in [0.2, 0.25) is 0 Å². The Hall–Kier alpha value is -2.87. The van der Waals surface area contributed by atoms with Crippen LogP contribution in [0.3, 0.4) is 0 Å². The highest BCUT2D eigenvalue weighted by Crippen LogP contribution is 2.22. The standard InChI is InChI=1S/C22H33N7O/c1-17(30)23-15-18-6-8-19(9-7-18)16-28-10-12-29(13-11-28)22-24-20(26(2)3)14-21(25-22)27(4)5/h6-9,14H,10-13,15-16H2,1-5H3,(H,23,30). The number of hydrogen-bond acceptors (Lipinski definition) is 7. The molecule has 30 heavy (non-hydrogen) atoms. The smallest absolute Gasteiger partial charge is 0.229 e. The molecule has 1 aromatic carbocycles. The second-order valence-electron chi connectivity index (χ2n) is 8.16. The van der Waals surface area contributed by atoms with E-state index in [9.17, 15) is 4.79 Å². The van der Waals surface area contributed by atoms with Crippen LogP contribution in [-0.2, 0) is 17.9 Å². The van der Waals surface area contributed by atoms with Gasteiger partial charge >= 0.3 is 0 Å². The fraction of sp³-hybridized carbons (Fsp3) is 0.500. The molecule has 1 saturated heterocycles. The van der Waals surface area contributed by atoms with Gasteiger partial charge in [-0.25, -0.2) is 0 Å². The van der Waals surface area contributed by atoms with Gasteiger partial charge in [0.2, 0.25) is 11.9 Å². The Kier molecular flexibility index (Phi) is 7.10. The van der Waals surface area contributed by atoms with Crippen LogP contribution < -0.4 is 20.0 Å². The van der Waals surface area contributed by atoms with E-state index in [0.717, 1.165) is 55.9 Å². The molecule has 8 heteroatoms. The highest BCUT2D eigenvalue weighted by Gasteiger charge is 2.21. The molecule has 3 rings (SSSR count). The van der Waals surface area contributed by atoms with Crippen molar-refractivity contribution in [1.82, 2.24) is 20.2 Å². The van der Waals surface area contributed by atoms with Gasteiger partial charge in [0, 0.05) is 80.4 Å². The molecule has 8 nitrogen and oxygen atoms in total. The van der Waals surface area contributed by atoms with Gasteiger partial charge in [-0.15, -0.1) is 0 Å². The van der Waals surface area contributed by atoms with Crippen molar-refractivity contribution in [3.05, 3.63) is 41.5 Å². The summed E-state index contributed by atoms with van der Waals surface area (Å²) < 4.78 is 0. The maximum atomic E-state index is 11.0. The monoisotopic (exact) mass is 411 g/mol. The second-order valence-corrected chi connectivity index (χ2v) is 8.16. The van der Waals surface area contributed by atoms with Gasteiger partial charge in [0.15, 0.2) is 0 Å². The first-order chi connectivity index (χ1) is 14.3. The van der Waals surface area contributed by atoms with Crippen LogP contribution in [0.1, 0.15) is 18.1 Å². The second kappa shape index (κ2) is 9.75. The molecule has 1 aromatic heterocycles. The maximum absolute atomic E-state index is 11.0. The molecule has 0 bridgehead atoms. The quantitative estimate of drug-likeness (QED) is 0.742. The number of carbonyl (C=O) groups is 1. The van der Waals surface area contributed by atoms with Crippen molar-refractivity contribution in [2.45, 2.75) is 20.0 Å². The van der Waals surface area contributed by atoms with E-state index < -0.39 is 0 Å². The van der Waals surface area contributed by atoms with Crippen LogP contribution >= 0.6 is 0 Å². The zero-order chi connectivity index (χ0) is 21.7. The minimum absolute atomic E-state index is 0.00486. The van der Waals surface area contributed by atoms with Gasteiger partial charge in [-0.1, -0.05) is 24.3 Å². The Labute approximate surface area is 179 Å². The average Bonchev–Trinajstić information content (AvgIpc) is 2.73. The molecule has 1 N–H and O–H groups in total. The molecule has 162 valence electrons. The molecule has 0 aliphatic carbocycles. The van der Waals surface area contributed by atoms with Gasteiger partial charge in [0.05, 0.1) is 0 Å². The van der Waals surface area contributed by atoms with Gasteiger partial charge in [0.25, 0.3) is 0 Å². The van der Waals surface area contributed by atoms with E-state index in [-0.39, 0.29) is 5.91 Å². The van der Waals surface area contributed by atoms with E-state index >= 15 is 0 Å². The highest BCUT2D eigenvalue weighted by molar-refractivity contribution is 5.72. The molecule has 0 atom stereocenters. The molecule has 1 amide bonds. The van der Waals surface area contributed by atoms with Gasteiger partial charge in [0.1, 0.15) is 11.6 Å². The van der Waals surface area contributed by atoms with E-state index in [4.69, 9.17) is 9.97 Å². The van der Waals surface area contributed by atoms with Crippen molar-refractivity contribution >= 4 is 23.5 Å². The molecule has 0 unspecified atom stereocenters. The molecular weight excluding hydrogens is 378 g/mol. The third kappa shape index (κ3) is 5.82. The number of amides is 1. The lowest BCUT2D eigenvalue weighted by molar-refractivity contribution is -0.119. The minimum Gasteiger partial charge on any atom is -0.363 e. The number of anilines is 3. The summed E-state index contributed by atoms with van der Waals surface area (Å²) in [4.78, 5) is 29.3. The van der Waals surface area contributed by atoms with E-state index in [1.165, 1.54) is 12.5 Å². The molecule has 2 aromatic rings. The first-order valence-corrected chi connectivity index (χ1v) is 10.3. The lowest BCUT2D eigenvalue weighted by Gasteiger charge is -2.35. The molecule has 0 saturated carbocycles. The van der Waals surface area contributed by atoms with E-state index in [2.05, 4.69) is 39.4 Å². The van der Waals surface area contributed by atoms with E-state index in [1.807, 2.05) is 44.1 Å². The molecule has 0 spiro atoms. The van der Waals surface area contributed by atoms with Gasteiger partial charge in [-0.05, 0) is 11.1 Å². The molecule has 1 aliphatic rings. The Bertz CT molecular complexity index is 817. The topological polar surface area (TPSA) is 67.8 Å².